The minimum absolute atomic E-state index is 0.345. The number of urea groups is 1. The minimum atomic E-state index is -1.06. The van der Waals surface area contributed by atoms with Crippen LogP contribution >= 0.6 is 11.3 Å². The van der Waals surface area contributed by atoms with E-state index in [1.54, 1.807) is 0 Å². The molecule has 1 atom stereocenters. The molecule has 1 fully saturated rings. The fraction of sp³-hybridized carbons (Fsp3) is 0.273. The zero-order valence-corrected chi connectivity index (χ0v) is 17.4. The number of hydrogen-bond acceptors (Lipinski definition) is 5. The first-order valence-electron chi connectivity index (χ1n) is 9.77. The maximum Gasteiger partial charge on any atom is 0.325 e. The van der Waals surface area contributed by atoms with Crippen molar-refractivity contribution in [3.63, 3.8) is 0 Å². The molecule has 0 bridgehead atoms. The zero-order valence-electron chi connectivity index (χ0n) is 16.6. The Morgan fingerprint density at radius 3 is 2.90 bits per heavy atom. The first kappa shape index (κ1) is 18.7. The Morgan fingerprint density at radius 1 is 1.27 bits per heavy atom. The van der Waals surface area contributed by atoms with Crippen LogP contribution in [0.4, 0.5) is 9.93 Å². The minimum Gasteiger partial charge on any atom is -0.319 e. The Morgan fingerprint density at radius 2 is 2.07 bits per heavy atom. The summed E-state index contributed by atoms with van der Waals surface area (Å²) in [5.74, 6) is -0.821. The molecule has 4 amide bonds. The summed E-state index contributed by atoms with van der Waals surface area (Å²) in [5, 5.41) is 6.03. The Labute approximate surface area is 177 Å². The van der Waals surface area contributed by atoms with Gasteiger partial charge in [0.15, 0.2) is 5.13 Å². The number of hydrogen-bond donors (Lipinski definition) is 2. The summed E-state index contributed by atoms with van der Waals surface area (Å²) in [7, 11) is 0. The summed E-state index contributed by atoms with van der Waals surface area (Å²) in [6, 6.07) is 11.1. The normalized spacial score (nSPS) is 20.1. The van der Waals surface area contributed by atoms with Gasteiger partial charge in [0.25, 0.3) is 5.91 Å². The molecule has 5 rings (SSSR count). The molecule has 152 valence electrons. The standard InChI is InChI=1S/C22H20N4O3S/c1-12-9-13(2)18-16(10-12)30-20(24-18)23-17(27)11-26-19(28)22(25-21(26)29)8-7-14-5-3-4-6-15(14)22/h3-6,9-10H,7-8,11H2,1-2H3,(H,25,29)(H,23,24,27). The Balaban J connectivity index is 1.35. The molecule has 1 spiro atoms. The molecular formula is C22H20N4O3S. The molecule has 2 N–H and O–H groups in total. The van der Waals surface area contributed by atoms with Crippen LogP contribution in [0.5, 0.6) is 0 Å². The number of anilines is 1. The van der Waals surface area contributed by atoms with Crippen molar-refractivity contribution in [2.24, 2.45) is 0 Å². The number of carbonyl (C=O) groups is 3. The monoisotopic (exact) mass is 420 g/mol. The molecule has 30 heavy (non-hydrogen) atoms. The van der Waals surface area contributed by atoms with Gasteiger partial charge in [-0.3, -0.25) is 14.5 Å². The molecule has 1 aliphatic heterocycles. The van der Waals surface area contributed by atoms with Gasteiger partial charge in [-0.15, -0.1) is 0 Å². The van der Waals surface area contributed by atoms with E-state index < -0.39 is 17.5 Å². The number of aromatic nitrogens is 1. The van der Waals surface area contributed by atoms with E-state index in [0.717, 1.165) is 37.4 Å². The van der Waals surface area contributed by atoms with Crippen molar-refractivity contribution < 1.29 is 14.4 Å². The summed E-state index contributed by atoms with van der Waals surface area (Å²) < 4.78 is 0.985. The second-order valence-electron chi connectivity index (χ2n) is 7.88. The van der Waals surface area contributed by atoms with Gasteiger partial charge in [-0.1, -0.05) is 41.7 Å². The molecule has 1 aromatic heterocycles. The third-order valence-electron chi connectivity index (χ3n) is 5.80. The SMILES string of the molecule is Cc1cc(C)c2nc(NC(=O)CN3C(=O)NC4(CCc5ccccc54)C3=O)sc2c1. The molecule has 0 saturated carbocycles. The van der Waals surface area contributed by atoms with E-state index in [0.29, 0.717) is 18.0 Å². The second-order valence-corrected chi connectivity index (χ2v) is 8.91. The van der Waals surface area contributed by atoms with E-state index in [2.05, 4.69) is 15.6 Å². The van der Waals surface area contributed by atoms with E-state index in [4.69, 9.17) is 0 Å². The van der Waals surface area contributed by atoms with Crippen LogP contribution in [0.15, 0.2) is 36.4 Å². The van der Waals surface area contributed by atoms with Crippen LogP contribution in [0.3, 0.4) is 0 Å². The molecule has 2 heterocycles. The number of fused-ring (bicyclic) bond motifs is 3. The molecule has 1 saturated heterocycles. The van der Waals surface area contributed by atoms with Crippen molar-refractivity contribution in [3.8, 4) is 0 Å². The van der Waals surface area contributed by atoms with E-state index in [1.165, 1.54) is 11.3 Å². The highest BCUT2D eigenvalue weighted by Crippen LogP contribution is 2.41. The van der Waals surface area contributed by atoms with E-state index in [-0.39, 0.29) is 12.5 Å². The lowest BCUT2D eigenvalue weighted by Gasteiger charge is -2.22. The number of nitrogens with one attached hydrogen (secondary N) is 2. The van der Waals surface area contributed by atoms with Crippen molar-refractivity contribution in [2.45, 2.75) is 32.2 Å². The summed E-state index contributed by atoms with van der Waals surface area (Å²) in [4.78, 5) is 43.8. The number of nitrogens with zero attached hydrogens (tertiary/aromatic N) is 2. The van der Waals surface area contributed by atoms with E-state index in [9.17, 15) is 14.4 Å². The molecule has 2 aromatic carbocycles. The van der Waals surface area contributed by atoms with E-state index >= 15 is 0 Å². The lowest BCUT2D eigenvalue weighted by Crippen LogP contribution is -2.42. The number of carbonyl (C=O) groups excluding carboxylic acids is 3. The van der Waals surface area contributed by atoms with Crippen molar-refractivity contribution in [2.75, 3.05) is 11.9 Å². The first-order valence-corrected chi connectivity index (χ1v) is 10.6. The molecule has 7 nitrogen and oxygen atoms in total. The van der Waals surface area contributed by atoms with Gasteiger partial charge in [-0.2, -0.15) is 0 Å². The van der Waals surface area contributed by atoms with Gasteiger partial charge in [0.05, 0.1) is 10.2 Å². The summed E-state index contributed by atoms with van der Waals surface area (Å²) >= 11 is 1.38. The lowest BCUT2D eigenvalue weighted by molar-refractivity contribution is -0.134. The predicted octanol–water partition coefficient (Wildman–Crippen LogP) is 3.25. The first-order chi connectivity index (χ1) is 14.4. The molecule has 3 aromatic rings. The Hall–Kier alpha value is -3.26. The fourth-order valence-corrected chi connectivity index (χ4v) is 5.52. The van der Waals surface area contributed by atoms with E-state index in [1.807, 2.05) is 50.2 Å². The maximum absolute atomic E-state index is 13.2. The van der Waals surface area contributed by atoms with Crippen LogP contribution in [0.2, 0.25) is 0 Å². The van der Waals surface area contributed by atoms with Crippen LogP contribution in [0.1, 0.15) is 28.7 Å². The summed E-state index contributed by atoms with van der Waals surface area (Å²) in [6.07, 6.45) is 1.22. The van der Waals surface area contributed by atoms with Crippen molar-refractivity contribution >= 4 is 44.5 Å². The molecule has 1 unspecified atom stereocenters. The summed E-state index contributed by atoms with van der Waals surface area (Å²) in [6.45, 7) is 3.65. The molecule has 2 aliphatic rings. The second kappa shape index (κ2) is 6.63. The quantitative estimate of drug-likeness (QED) is 0.637. The van der Waals surface area contributed by atoms with Crippen LogP contribution in [0, 0.1) is 13.8 Å². The Bertz CT molecular complexity index is 1230. The topological polar surface area (TPSA) is 91.4 Å². The maximum atomic E-state index is 13.2. The van der Waals surface area contributed by atoms with Gasteiger partial charge in [0.2, 0.25) is 5.91 Å². The van der Waals surface area contributed by atoms with Gasteiger partial charge in [0.1, 0.15) is 12.1 Å². The number of benzene rings is 2. The predicted molar refractivity (Wildman–Crippen MR) is 114 cm³/mol. The van der Waals surface area contributed by atoms with Crippen LogP contribution in [-0.2, 0) is 21.5 Å². The summed E-state index contributed by atoms with van der Waals surface area (Å²) in [5.41, 5.74) is 3.83. The average molecular weight is 420 g/mol. The highest BCUT2D eigenvalue weighted by Gasteiger charge is 2.55. The smallest absolute Gasteiger partial charge is 0.319 e. The molecular weight excluding hydrogens is 400 g/mol. The van der Waals surface area contributed by atoms with Crippen LogP contribution in [0.25, 0.3) is 10.2 Å². The van der Waals surface area contributed by atoms with Crippen LogP contribution in [-0.4, -0.2) is 34.3 Å². The number of aryl methyl sites for hydroxylation is 3. The largest absolute Gasteiger partial charge is 0.325 e. The van der Waals surface area contributed by atoms with Gasteiger partial charge in [-0.25, -0.2) is 9.78 Å². The fourth-order valence-electron chi connectivity index (χ4n) is 4.46. The third-order valence-corrected chi connectivity index (χ3v) is 6.72. The Kier molecular flexibility index (Phi) is 4.14. The van der Waals surface area contributed by atoms with Crippen molar-refractivity contribution in [1.29, 1.82) is 0 Å². The highest BCUT2D eigenvalue weighted by molar-refractivity contribution is 7.22. The van der Waals surface area contributed by atoms with Gasteiger partial charge in [-0.05, 0) is 55.0 Å². The van der Waals surface area contributed by atoms with Crippen molar-refractivity contribution in [1.82, 2.24) is 15.2 Å². The molecule has 0 radical (unpaired) electrons. The van der Waals surface area contributed by atoms with Gasteiger partial charge in [0, 0.05) is 0 Å². The number of thiazole rings is 1. The third kappa shape index (κ3) is 2.79. The molecule has 8 heteroatoms. The average Bonchev–Trinajstić information content (AvgIpc) is 3.34. The lowest BCUT2D eigenvalue weighted by atomic mass is 9.92. The molecule has 1 aliphatic carbocycles. The highest BCUT2D eigenvalue weighted by atomic mass is 32.1. The zero-order chi connectivity index (χ0) is 21.0. The van der Waals surface area contributed by atoms with Gasteiger partial charge >= 0.3 is 6.03 Å². The number of rotatable bonds is 3. The van der Waals surface area contributed by atoms with Crippen LogP contribution < -0.4 is 10.6 Å². The van der Waals surface area contributed by atoms with Gasteiger partial charge < -0.3 is 10.6 Å². The number of imide groups is 1. The van der Waals surface area contributed by atoms with Crippen molar-refractivity contribution in [3.05, 3.63) is 58.7 Å². The number of amides is 4.